The van der Waals surface area contributed by atoms with Crippen LogP contribution in [0.15, 0.2) is 36.7 Å². The molecule has 0 saturated carbocycles. The highest BCUT2D eigenvalue weighted by Crippen LogP contribution is 2.40. The number of carbonyl (C=O) groups is 1. The van der Waals surface area contributed by atoms with Crippen LogP contribution in [0.5, 0.6) is 5.06 Å². The topological polar surface area (TPSA) is 84.7 Å². The number of thiophene rings is 1. The quantitative estimate of drug-likeness (QED) is 0.453. The Hall–Kier alpha value is -2.56. The Labute approximate surface area is 193 Å². The lowest BCUT2D eigenvalue weighted by Crippen LogP contribution is -2.30. The summed E-state index contributed by atoms with van der Waals surface area (Å²) < 4.78 is 43.2. The van der Waals surface area contributed by atoms with E-state index in [1.807, 2.05) is 23.8 Å². The predicted octanol–water partition coefficient (Wildman–Crippen LogP) is 5.13. The number of carbonyl (C=O) groups excluding carboxylic acids is 1. The highest BCUT2D eigenvalue weighted by atomic mass is 32.2. The number of halogens is 1. The largest absolute Gasteiger partial charge is 0.429 e. The normalized spacial score (nSPS) is 12.2. The first-order valence-electron chi connectivity index (χ1n) is 10.2. The maximum atomic E-state index is 15.0. The number of nitrogens with zero attached hydrogens (tertiary/aromatic N) is 3. The molecule has 0 spiro atoms. The standard InChI is InChI=1S/C22H26FN3O4S2/c1-5-20-24-8-9-26(20)13-16-7-6-15(11-19(16)23)18-12-17(10-14(2)3)31-21(18)30-22(27)25(4)32(28)29/h6-9,11-12,14H,5,10,13H2,1-4H3,(H,28,29). The van der Waals surface area contributed by atoms with Crippen molar-refractivity contribution in [3.8, 4) is 16.2 Å². The van der Waals surface area contributed by atoms with E-state index in [0.29, 0.717) is 33.5 Å². The molecule has 0 fully saturated rings. The van der Waals surface area contributed by atoms with Crippen LogP contribution in [0.3, 0.4) is 0 Å². The number of benzene rings is 1. The van der Waals surface area contributed by atoms with Crippen molar-refractivity contribution in [3.05, 3.63) is 58.7 Å². The lowest BCUT2D eigenvalue weighted by Gasteiger charge is -2.12. The first kappa shape index (κ1) is 24.1. The monoisotopic (exact) mass is 479 g/mol. The molecule has 0 aliphatic carbocycles. The number of hydrogen-bond acceptors (Lipinski definition) is 5. The van der Waals surface area contributed by atoms with Crippen LogP contribution in [-0.4, -0.2) is 35.8 Å². The van der Waals surface area contributed by atoms with Gasteiger partial charge in [0.15, 0.2) is 5.06 Å². The van der Waals surface area contributed by atoms with E-state index in [9.17, 15) is 13.4 Å². The van der Waals surface area contributed by atoms with Gasteiger partial charge in [-0.05, 0) is 30.0 Å². The molecule has 2 heterocycles. The van der Waals surface area contributed by atoms with E-state index in [0.717, 1.165) is 30.6 Å². The molecule has 0 radical (unpaired) electrons. The molecule has 0 bridgehead atoms. The summed E-state index contributed by atoms with van der Waals surface area (Å²) in [5.41, 5.74) is 1.65. The molecular weight excluding hydrogens is 453 g/mol. The van der Waals surface area contributed by atoms with Gasteiger partial charge >= 0.3 is 6.09 Å². The lowest BCUT2D eigenvalue weighted by molar-refractivity contribution is 0.186. The second-order valence-corrected chi connectivity index (χ2v) is 9.85. The van der Waals surface area contributed by atoms with Crippen molar-refractivity contribution in [1.82, 2.24) is 13.9 Å². The Bertz CT molecular complexity index is 1130. The number of ether oxygens (including phenoxy) is 1. The van der Waals surface area contributed by atoms with E-state index in [-0.39, 0.29) is 10.9 Å². The minimum Gasteiger partial charge on any atom is -0.398 e. The Balaban J connectivity index is 1.93. The van der Waals surface area contributed by atoms with Gasteiger partial charge in [0.25, 0.3) is 11.3 Å². The molecule has 1 aromatic carbocycles. The third kappa shape index (κ3) is 5.62. The molecule has 0 aliphatic heterocycles. The summed E-state index contributed by atoms with van der Waals surface area (Å²) in [7, 11) is 1.16. The zero-order valence-electron chi connectivity index (χ0n) is 18.4. The Morgan fingerprint density at radius 3 is 2.75 bits per heavy atom. The Kier molecular flexibility index (Phi) is 7.81. The Morgan fingerprint density at radius 2 is 2.12 bits per heavy atom. The van der Waals surface area contributed by atoms with Gasteiger partial charge in [-0.1, -0.05) is 32.9 Å². The number of imidazole rings is 1. The molecule has 1 unspecified atom stereocenters. The second-order valence-electron chi connectivity index (χ2n) is 7.74. The van der Waals surface area contributed by atoms with E-state index in [4.69, 9.17) is 9.29 Å². The molecule has 10 heteroatoms. The number of amides is 1. The lowest BCUT2D eigenvalue weighted by atomic mass is 10.0. The molecule has 2 aromatic heterocycles. The third-order valence-electron chi connectivity index (χ3n) is 4.85. The van der Waals surface area contributed by atoms with Crippen LogP contribution in [0.1, 0.15) is 37.0 Å². The van der Waals surface area contributed by atoms with Gasteiger partial charge in [-0.3, -0.25) is 4.55 Å². The van der Waals surface area contributed by atoms with Crippen molar-refractivity contribution in [2.75, 3.05) is 7.05 Å². The fourth-order valence-electron chi connectivity index (χ4n) is 3.24. The van der Waals surface area contributed by atoms with Crippen molar-refractivity contribution < 1.29 is 22.7 Å². The summed E-state index contributed by atoms with van der Waals surface area (Å²) in [4.78, 5) is 17.4. The van der Waals surface area contributed by atoms with Gasteiger partial charge in [0.2, 0.25) is 0 Å². The Morgan fingerprint density at radius 1 is 1.38 bits per heavy atom. The van der Waals surface area contributed by atoms with Crippen LogP contribution >= 0.6 is 11.3 Å². The van der Waals surface area contributed by atoms with Crippen molar-refractivity contribution in [3.63, 3.8) is 0 Å². The molecule has 0 aliphatic rings. The molecule has 3 aromatic rings. The minimum atomic E-state index is -2.50. The number of hydrogen-bond donors (Lipinski definition) is 1. The third-order valence-corrected chi connectivity index (χ3v) is 6.51. The minimum absolute atomic E-state index is 0.262. The van der Waals surface area contributed by atoms with E-state index in [1.54, 1.807) is 18.3 Å². The zero-order chi connectivity index (χ0) is 23.4. The van der Waals surface area contributed by atoms with Crippen molar-refractivity contribution in [1.29, 1.82) is 0 Å². The summed E-state index contributed by atoms with van der Waals surface area (Å²) in [6.07, 6.45) is 4.07. The first-order chi connectivity index (χ1) is 15.2. The molecule has 1 amide bonds. The summed E-state index contributed by atoms with van der Waals surface area (Å²) in [6.45, 7) is 6.51. The zero-order valence-corrected chi connectivity index (χ0v) is 20.0. The van der Waals surface area contributed by atoms with Gasteiger partial charge in [0.1, 0.15) is 11.6 Å². The molecule has 7 nitrogen and oxygen atoms in total. The average molecular weight is 480 g/mol. The fraction of sp³-hybridized carbons (Fsp3) is 0.364. The molecule has 3 rings (SSSR count). The second kappa shape index (κ2) is 10.4. The molecule has 1 atom stereocenters. The summed E-state index contributed by atoms with van der Waals surface area (Å²) in [6, 6.07) is 6.80. The van der Waals surface area contributed by atoms with Crippen LogP contribution in [0.2, 0.25) is 0 Å². The van der Waals surface area contributed by atoms with Gasteiger partial charge in [-0.25, -0.2) is 22.7 Å². The molecule has 172 valence electrons. The highest BCUT2D eigenvalue weighted by Gasteiger charge is 2.22. The van der Waals surface area contributed by atoms with Gasteiger partial charge in [0.05, 0.1) is 6.54 Å². The molecule has 32 heavy (non-hydrogen) atoms. The van der Waals surface area contributed by atoms with Crippen molar-refractivity contribution >= 4 is 28.7 Å². The smallest absolute Gasteiger partial charge is 0.398 e. The number of aromatic nitrogens is 2. The van der Waals surface area contributed by atoms with E-state index in [1.165, 1.54) is 17.4 Å². The SMILES string of the molecule is CCc1nccn1Cc1ccc(-c2cc(CC(C)C)sc2OC(=O)N(C)S(=O)O)cc1F. The van der Waals surface area contributed by atoms with Crippen LogP contribution in [0.25, 0.3) is 11.1 Å². The fourth-order valence-corrected chi connectivity index (χ4v) is 4.63. The van der Waals surface area contributed by atoms with Crippen LogP contribution in [0, 0.1) is 11.7 Å². The average Bonchev–Trinajstić information content (AvgIpc) is 3.34. The van der Waals surface area contributed by atoms with Gasteiger partial charge in [-0.2, -0.15) is 0 Å². The van der Waals surface area contributed by atoms with Gasteiger partial charge in [0, 0.05) is 41.9 Å². The van der Waals surface area contributed by atoms with Crippen LogP contribution in [0.4, 0.5) is 9.18 Å². The maximum Gasteiger partial charge on any atom is 0.429 e. The van der Waals surface area contributed by atoms with Crippen molar-refractivity contribution in [2.45, 2.75) is 40.2 Å². The molecule has 0 saturated heterocycles. The summed E-state index contributed by atoms with van der Waals surface area (Å²) >= 11 is -1.22. The number of aryl methyl sites for hydroxylation is 1. The van der Waals surface area contributed by atoms with Crippen LogP contribution in [-0.2, 0) is 30.7 Å². The number of rotatable bonds is 8. The van der Waals surface area contributed by atoms with E-state index in [2.05, 4.69) is 18.8 Å². The highest BCUT2D eigenvalue weighted by molar-refractivity contribution is 7.77. The van der Waals surface area contributed by atoms with Crippen molar-refractivity contribution in [2.24, 2.45) is 5.92 Å². The predicted molar refractivity (Wildman–Crippen MR) is 124 cm³/mol. The first-order valence-corrected chi connectivity index (χ1v) is 12.1. The summed E-state index contributed by atoms with van der Waals surface area (Å²) in [5, 5.41) is 0.262. The molecule has 1 N–H and O–H groups in total. The van der Waals surface area contributed by atoms with Crippen LogP contribution < -0.4 is 4.74 Å². The maximum absolute atomic E-state index is 15.0. The van der Waals surface area contributed by atoms with Gasteiger partial charge in [-0.15, -0.1) is 11.3 Å². The summed E-state index contributed by atoms with van der Waals surface area (Å²) in [5.74, 6) is 0.879. The van der Waals surface area contributed by atoms with E-state index < -0.39 is 17.4 Å². The van der Waals surface area contributed by atoms with Gasteiger partial charge < -0.3 is 9.30 Å². The van der Waals surface area contributed by atoms with E-state index >= 15 is 0 Å². The molecular formula is C22H26FN3O4S2.